The molecular formula is C15H9Cl2NO3. The summed E-state index contributed by atoms with van der Waals surface area (Å²) in [6, 6.07) is 9.58. The van der Waals surface area contributed by atoms with Crippen LogP contribution in [0.1, 0.15) is 15.9 Å². The molecule has 0 amide bonds. The minimum Gasteiger partial charge on any atom is -0.496 e. The van der Waals surface area contributed by atoms with Gasteiger partial charge in [-0.15, -0.1) is 0 Å². The Balaban J connectivity index is 2.39. The zero-order chi connectivity index (χ0) is 15.4. The van der Waals surface area contributed by atoms with E-state index in [1.165, 1.54) is 25.3 Å². The van der Waals surface area contributed by atoms with Crippen molar-refractivity contribution in [3.05, 3.63) is 51.5 Å². The third kappa shape index (κ3) is 3.27. The molecule has 0 fully saturated rings. The molecule has 2 aromatic rings. The number of nitriles is 1. The highest BCUT2D eigenvalue weighted by Crippen LogP contribution is 2.38. The molecule has 0 saturated heterocycles. The summed E-state index contributed by atoms with van der Waals surface area (Å²) in [5.41, 5.74) is 0.677. The van der Waals surface area contributed by atoms with Crippen molar-refractivity contribution < 1.29 is 14.3 Å². The van der Waals surface area contributed by atoms with Gasteiger partial charge in [0.05, 0.1) is 34.4 Å². The number of hydrogen-bond acceptors (Lipinski definition) is 4. The summed E-state index contributed by atoms with van der Waals surface area (Å²) in [6.07, 6.45) is 0.660. The number of ether oxygens (including phenoxy) is 2. The number of methoxy groups -OCH3 is 1. The van der Waals surface area contributed by atoms with Crippen LogP contribution in [0.3, 0.4) is 0 Å². The van der Waals surface area contributed by atoms with Crippen LogP contribution in [0.2, 0.25) is 10.0 Å². The summed E-state index contributed by atoms with van der Waals surface area (Å²) in [4.78, 5) is 11.0. The SMILES string of the molecule is COc1ccc(Oc2c(Cl)cc(C#N)cc2Cl)cc1C=O. The predicted octanol–water partition coefficient (Wildman–Crippen LogP) is 4.48. The van der Waals surface area contributed by atoms with Crippen LogP contribution < -0.4 is 9.47 Å². The van der Waals surface area contributed by atoms with Gasteiger partial charge >= 0.3 is 0 Å². The number of nitrogens with zero attached hydrogens (tertiary/aromatic N) is 1. The van der Waals surface area contributed by atoms with Gasteiger partial charge in [0.1, 0.15) is 11.5 Å². The summed E-state index contributed by atoms with van der Waals surface area (Å²) < 4.78 is 10.6. The van der Waals surface area contributed by atoms with E-state index in [4.69, 9.17) is 37.9 Å². The second-order valence-corrected chi connectivity index (χ2v) is 4.82. The van der Waals surface area contributed by atoms with Crippen molar-refractivity contribution in [2.45, 2.75) is 0 Å². The molecule has 0 radical (unpaired) electrons. The normalized spacial score (nSPS) is 9.81. The highest BCUT2D eigenvalue weighted by atomic mass is 35.5. The number of carbonyl (C=O) groups is 1. The van der Waals surface area contributed by atoms with Gasteiger partial charge in [-0.2, -0.15) is 5.26 Å². The van der Waals surface area contributed by atoms with Gasteiger partial charge in [-0.3, -0.25) is 4.79 Å². The van der Waals surface area contributed by atoms with Crippen LogP contribution >= 0.6 is 23.2 Å². The van der Waals surface area contributed by atoms with Crippen molar-refractivity contribution in [1.29, 1.82) is 5.26 Å². The lowest BCUT2D eigenvalue weighted by Gasteiger charge is -2.11. The molecule has 4 nitrogen and oxygen atoms in total. The van der Waals surface area contributed by atoms with E-state index in [1.807, 2.05) is 6.07 Å². The standard InChI is InChI=1S/C15H9Cl2NO3/c1-20-14-3-2-11(6-10(14)8-19)21-15-12(16)4-9(7-18)5-13(15)17/h2-6,8H,1H3. The molecule has 2 rings (SSSR count). The average Bonchev–Trinajstić information content (AvgIpc) is 2.50. The predicted molar refractivity (Wildman–Crippen MR) is 79.6 cm³/mol. The molecule has 0 spiro atoms. The average molecular weight is 322 g/mol. The monoisotopic (exact) mass is 321 g/mol. The van der Waals surface area contributed by atoms with E-state index in [0.717, 1.165) is 0 Å². The first-order valence-electron chi connectivity index (χ1n) is 5.79. The smallest absolute Gasteiger partial charge is 0.164 e. The fourth-order valence-corrected chi connectivity index (χ4v) is 2.27. The largest absolute Gasteiger partial charge is 0.496 e. The topological polar surface area (TPSA) is 59.3 Å². The number of aldehydes is 1. The van der Waals surface area contributed by atoms with Crippen molar-refractivity contribution >= 4 is 29.5 Å². The second-order valence-electron chi connectivity index (χ2n) is 4.00. The van der Waals surface area contributed by atoms with Gasteiger partial charge in [0.2, 0.25) is 0 Å². The quantitative estimate of drug-likeness (QED) is 0.779. The maximum atomic E-state index is 11.0. The van der Waals surface area contributed by atoms with Crippen molar-refractivity contribution in [3.8, 4) is 23.3 Å². The van der Waals surface area contributed by atoms with E-state index >= 15 is 0 Å². The van der Waals surface area contributed by atoms with Gasteiger partial charge < -0.3 is 9.47 Å². The summed E-state index contributed by atoms with van der Waals surface area (Å²) in [5, 5.41) is 9.25. The molecule has 0 N–H and O–H groups in total. The molecule has 0 aromatic heterocycles. The Bertz CT molecular complexity index is 715. The lowest BCUT2D eigenvalue weighted by molar-refractivity contribution is 0.112. The molecule has 2 aromatic carbocycles. The first-order chi connectivity index (χ1) is 10.1. The van der Waals surface area contributed by atoms with Crippen LogP contribution in [-0.4, -0.2) is 13.4 Å². The number of hydrogen-bond donors (Lipinski definition) is 0. The molecule has 0 aliphatic heterocycles. The number of carbonyl (C=O) groups excluding carboxylic acids is 1. The van der Waals surface area contributed by atoms with Gasteiger partial charge in [0.25, 0.3) is 0 Å². The third-order valence-corrected chi connectivity index (χ3v) is 3.24. The molecule has 0 aliphatic carbocycles. The highest BCUT2D eigenvalue weighted by Gasteiger charge is 2.12. The van der Waals surface area contributed by atoms with Crippen LogP contribution in [0, 0.1) is 11.3 Å². The summed E-state index contributed by atoms with van der Waals surface area (Å²) in [7, 11) is 1.47. The molecule has 0 bridgehead atoms. The molecule has 21 heavy (non-hydrogen) atoms. The lowest BCUT2D eigenvalue weighted by atomic mass is 10.2. The van der Waals surface area contributed by atoms with E-state index in [0.29, 0.717) is 28.9 Å². The Morgan fingerprint density at radius 3 is 2.38 bits per heavy atom. The van der Waals surface area contributed by atoms with Crippen LogP contribution in [-0.2, 0) is 0 Å². The Morgan fingerprint density at radius 2 is 1.86 bits per heavy atom. The maximum absolute atomic E-state index is 11.0. The molecule has 106 valence electrons. The summed E-state index contributed by atoms with van der Waals surface area (Å²) in [5.74, 6) is 1.04. The molecule has 0 unspecified atom stereocenters. The van der Waals surface area contributed by atoms with Crippen LogP contribution in [0.15, 0.2) is 30.3 Å². The second kappa shape index (κ2) is 6.49. The summed E-state index contributed by atoms with van der Waals surface area (Å²) >= 11 is 12.1. The Hall–Kier alpha value is -2.22. The molecule has 0 aliphatic rings. The fourth-order valence-electron chi connectivity index (χ4n) is 1.71. The molecular weight excluding hydrogens is 313 g/mol. The van der Waals surface area contributed by atoms with Gasteiger partial charge in [-0.1, -0.05) is 23.2 Å². The molecule has 6 heteroatoms. The number of rotatable bonds is 4. The Kier molecular flexibility index (Phi) is 4.69. The molecule has 0 heterocycles. The third-order valence-electron chi connectivity index (χ3n) is 2.68. The van der Waals surface area contributed by atoms with E-state index in [1.54, 1.807) is 12.1 Å². The van der Waals surface area contributed by atoms with E-state index < -0.39 is 0 Å². The first-order valence-corrected chi connectivity index (χ1v) is 6.55. The van der Waals surface area contributed by atoms with Gasteiger partial charge in [0, 0.05) is 0 Å². The lowest BCUT2D eigenvalue weighted by Crippen LogP contribution is -1.93. The minimum atomic E-state index is 0.211. The molecule has 0 atom stereocenters. The Labute approximate surface area is 131 Å². The Morgan fingerprint density at radius 1 is 1.19 bits per heavy atom. The number of halogens is 2. The minimum absolute atomic E-state index is 0.211. The summed E-state index contributed by atoms with van der Waals surface area (Å²) in [6.45, 7) is 0. The zero-order valence-corrected chi connectivity index (χ0v) is 12.4. The van der Waals surface area contributed by atoms with E-state index in [-0.39, 0.29) is 15.8 Å². The van der Waals surface area contributed by atoms with Crippen LogP contribution in [0.25, 0.3) is 0 Å². The van der Waals surface area contributed by atoms with Crippen molar-refractivity contribution in [1.82, 2.24) is 0 Å². The maximum Gasteiger partial charge on any atom is 0.164 e. The van der Waals surface area contributed by atoms with Crippen molar-refractivity contribution in [2.75, 3.05) is 7.11 Å². The fraction of sp³-hybridized carbons (Fsp3) is 0.0667. The zero-order valence-electron chi connectivity index (χ0n) is 10.9. The van der Waals surface area contributed by atoms with E-state index in [9.17, 15) is 4.79 Å². The van der Waals surface area contributed by atoms with Crippen LogP contribution in [0.5, 0.6) is 17.2 Å². The van der Waals surface area contributed by atoms with Gasteiger partial charge in [-0.05, 0) is 30.3 Å². The highest BCUT2D eigenvalue weighted by molar-refractivity contribution is 6.37. The molecule has 0 saturated carbocycles. The van der Waals surface area contributed by atoms with Crippen molar-refractivity contribution in [3.63, 3.8) is 0 Å². The van der Waals surface area contributed by atoms with Crippen molar-refractivity contribution in [2.24, 2.45) is 0 Å². The van der Waals surface area contributed by atoms with Gasteiger partial charge in [-0.25, -0.2) is 0 Å². The first kappa shape index (κ1) is 15.2. The van der Waals surface area contributed by atoms with E-state index in [2.05, 4.69) is 0 Å². The van der Waals surface area contributed by atoms with Crippen LogP contribution in [0.4, 0.5) is 0 Å². The number of benzene rings is 2. The van der Waals surface area contributed by atoms with Gasteiger partial charge in [0.15, 0.2) is 12.0 Å².